The van der Waals surface area contributed by atoms with E-state index in [-0.39, 0.29) is 5.69 Å². The molecular weight excluding hydrogens is 415 g/mol. The van der Waals surface area contributed by atoms with E-state index >= 15 is 0 Å². The normalized spacial score (nSPS) is 15.1. The van der Waals surface area contributed by atoms with Crippen LogP contribution in [0, 0.1) is 0 Å². The van der Waals surface area contributed by atoms with Gasteiger partial charge in [0.1, 0.15) is 5.01 Å². The van der Waals surface area contributed by atoms with Crippen molar-refractivity contribution in [3.63, 3.8) is 0 Å². The van der Waals surface area contributed by atoms with Gasteiger partial charge in [-0.05, 0) is 36.4 Å². The number of hydrogen-bond acceptors (Lipinski definition) is 5. The largest absolute Gasteiger partial charge is 0.416 e. The number of nitrogens with one attached hydrogen (secondary N) is 1. The number of rotatable bonds is 4. The van der Waals surface area contributed by atoms with Crippen LogP contribution in [0.15, 0.2) is 48.5 Å². The van der Waals surface area contributed by atoms with E-state index in [1.807, 2.05) is 29.2 Å². The number of carbonyl (C=O) groups excluding carboxylic acids is 1. The number of hydrogen-bond donors (Lipinski definition) is 1. The molecule has 0 bridgehead atoms. The summed E-state index contributed by atoms with van der Waals surface area (Å²) >= 11 is 1.43. The van der Waals surface area contributed by atoms with Gasteiger partial charge in [-0.2, -0.15) is 13.2 Å². The Hall–Kier alpha value is -2.91. The summed E-state index contributed by atoms with van der Waals surface area (Å²) in [5.74, 6) is -0.525. The molecule has 0 unspecified atom stereocenters. The molecule has 3 aromatic rings. The van der Waals surface area contributed by atoms with Crippen LogP contribution in [0.4, 0.5) is 24.5 Å². The maximum atomic E-state index is 13.2. The average Bonchev–Trinajstić information content (AvgIpc) is 3.15. The second-order valence-electron chi connectivity index (χ2n) is 6.67. The van der Waals surface area contributed by atoms with Gasteiger partial charge >= 0.3 is 6.18 Å². The van der Waals surface area contributed by atoms with Gasteiger partial charge in [0.2, 0.25) is 5.91 Å². The minimum atomic E-state index is -4.50. The molecule has 1 N–H and O–H groups in total. The summed E-state index contributed by atoms with van der Waals surface area (Å²) in [5.41, 5.74) is 0.665. The summed E-state index contributed by atoms with van der Waals surface area (Å²) < 4.78 is 45.8. The third-order valence-electron chi connectivity index (χ3n) is 4.62. The van der Waals surface area contributed by atoms with Crippen LogP contribution in [0.1, 0.15) is 10.6 Å². The summed E-state index contributed by atoms with van der Waals surface area (Å²) in [6, 6.07) is 11.0. The monoisotopic (exact) mass is 433 g/mol. The molecule has 1 aliphatic heterocycles. The molecule has 30 heavy (non-hydrogen) atoms. The Labute approximate surface area is 174 Å². The fourth-order valence-electron chi connectivity index (χ4n) is 3.18. The van der Waals surface area contributed by atoms with E-state index < -0.39 is 17.6 Å². The van der Waals surface area contributed by atoms with Gasteiger partial charge in [-0.1, -0.05) is 12.1 Å². The molecule has 4 rings (SSSR count). The molecule has 2 heterocycles. The van der Waals surface area contributed by atoms with E-state index in [0.29, 0.717) is 37.0 Å². The first-order valence-electron chi connectivity index (χ1n) is 9.29. The first-order valence-corrected chi connectivity index (χ1v) is 10.1. The molecule has 1 amide bonds. The highest BCUT2D eigenvalue weighted by Gasteiger charge is 2.31. The first-order chi connectivity index (χ1) is 14.4. The van der Waals surface area contributed by atoms with Gasteiger partial charge in [-0.15, -0.1) is 11.3 Å². The number of anilines is 2. The predicted molar refractivity (Wildman–Crippen MR) is 112 cm³/mol. The van der Waals surface area contributed by atoms with Gasteiger partial charge in [0.15, 0.2) is 0 Å². The van der Waals surface area contributed by atoms with Gasteiger partial charge in [0.05, 0.1) is 40.4 Å². The van der Waals surface area contributed by atoms with Crippen LogP contribution in [-0.4, -0.2) is 37.2 Å². The number of fused-ring (bicyclic) bond motifs is 1. The lowest BCUT2D eigenvalue weighted by molar-refractivity contribution is -0.137. The highest BCUT2D eigenvalue weighted by atomic mass is 32.1. The van der Waals surface area contributed by atoms with Crippen LogP contribution >= 0.6 is 11.3 Å². The molecule has 2 aromatic carbocycles. The van der Waals surface area contributed by atoms with Gasteiger partial charge in [-0.3, -0.25) is 4.79 Å². The number of para-hydroxylation sites is 1. The van der Waals surface area contributed by atoms with Gasteiger partial charge in [0.25, 0.3) is 0 Å². The highest BCUT2D eigenvalue weighted by Crippen LogP contribution is 2.35. The lowest BCUT2D eigenvalue weighted by Crippen LogP contribution is -2.36. The van der Waals surface area contributed by atoms with Crippen LogP contribution in [0.25, 0.3) is 16.3 Å². The number of morpholine rings is 1. The van der Waals surface area contributed by atoms with Crippen molar-refractivity contribution in [2.24, 2.45) is 0 Å². The minimum absolute atomic E-state index is 0.116. The lowest BCUT2D eigenvalue weighted by Gasteiger charge is -2.30. The molecule has 0 aliphatic carbocycles. The zero-order valence-corrected chi connectivity index (χ0v) is 16.6. The van der Waals surface area contributed by atoms with Crippen molar-refractivity contribution >= 4 is 44.9 Å². The van der Waals surface area contributed by atoms with E-state index in [1.165, 1.54) is 23.5 Å². The smallest absolute Gasteiger partial charge is 0.378 e. The van der Waals surface area contributed by atoms with Crippen LogP contribution in [0.2, 0.25) is 0 Å². The number of carbonyl (C=O) groups is 1. The van der Waals surface area contributed by atoms with Gasteiger partial charge in [0, 0.05) is 19.2 Å². The van der Waals surface area contributed by atoms with Crippen molar-refractivity contribution in [3.05, 3.63) is 59.1 Å². The van der Waals surface area contributed by atoms with Gasteiger partial charge in [-0.25, -0.2) is 4.98 Å². The Morgan fingerprint density at radius 1 is 1.17 bits per heavy atom. The molecule has 5 nitrogen and oxygen atoms in total. The maximum Gasteiger partial charge on any atom is 0.416 e. The molecular formula is C21H18F3N3O2S. The van der Waals surface area contributed by atoms with E-state index in [4.69, 9.17) is 4.74 Å². The average molecular weight is 433 g/mol. The topological polar surface area (TPSA) is 54.5 Å². The fourth-order valence-corrected chi connectivity index (χ4v) is 4.05. The quantitative estimate of drug-likeness (QED) is 0.601. The molecule has 0 radical (unpaired) electrons. The third kappa shape index (κ3) is 4.63. The Kier molecular flexibility index (Phi) is 5.74. The number of ether oxygens (including phenoxy) is 1. The summed E-state index contributed by atoms with van der Waals surface area (Å²) in [6.45, 7) is 2.03. The molecule has 1 saturated heterocycles. The van der Waals surface area contributed by atoms with E-state index in [2.05, 4.69) is 10.3 Å². The molecule has 0 spiro atoms. The number of aromatic nitrogens is 1. The first kappa shape index (κ1) is 20.4. The Morgan fingerprint density at radius 2 is 1.93 bits per heavy atom. The molecule has 1 aromatic heterocycles. The fraction of sp³-hybridized carbons (Fsp3) is 0.238. The summed E-state index contributed by atoms with van der Waals surface area (Å²) in [7, 11) is 0. The van der Waals surface area contributed by atoms with E-state index in [1.54, 1.807) is 6.08 Å². The van der Waals surface area contributed by atoms with Crippen LogP contribution < -0.4 is 10.2 Å². The maximum absolute atomic E-state index is 13.2. The SMILES string of the molecule is O=C(C=Cc1nc2ccccc2s1)Nc1cc(C(F)(F)F)ccc1N1CCOCC1. The van der Waals surface area contributed by atoms with Gasteiger partial charge < -0.3 is 15.0 Å². The summed E-state index contributed by atoms with van der Waals surface area (Å²) in [6.07, 6.45) is -1.66. The number of benzene rings is 2. The number of thiazole rings is 1. The zero-order chi connectivity index (χ0) is 21.1. The Bertz CT molecular complexity index is 1060. The second-order valence-corrected chi connectivity index (χ2v) is 7.73. The second kappa shape index (κ2) is 8.45. The van der Waals surface area contributed by atoms with Crippen LogP contribution in [0.3, 0.4) is 0 Å². The number of alkyl halides is 3. The molecule has 1 fully saturated rings. The highest BCUT2D eigenvalue weighted by molar-refractivity contribution is 7.19. The third-order valence-corrected chi connectivity index (χ3v) is 5.62. The zero-order valence-electron chi connectivity index (χ0n) is 15.8. The van der Waals surface area contributed by atoms with E-state index in [0.717, 1.165) is 22.3 Å². The Morgan fingerprint density at radius 3 is 2.67 bits per heavy atom. The van der Waals surface area contributed by atoms with E-state index in [9.17, 15) is 18.0 Å². The molecule has 0 atom stereocenters. The minimum Gasteiger partial charge on any atom is -0.378 e. The predicted octanol–water partition coefficient (Wildman–Crippen LogP) is 4.80. The number of halogens is 3. The molecule has 9 heteroatoms. The van der Waals surface area contributed by atoms with Crippen LogP contribution in [0.5, 0.6) is 0 Å². The van der Waals surface area contributed by atoms with Crippen molar-refractivity contribution in [1.29, 1.82) is 0 Å². The van der Waals surface area contributed by atoms with Crippen molar-refractivity contribution in [2.75, 3.05) is 36.5 Å². The van der Waals surface area contributed by atoms with Crippen molar-refractivity contribution in [1.82, 2.24) is 4.98 Å². The summed E-state index contributed by atoms with van der Waals surface area (Å²) in [5, 5.41) is 3.24. The van der Waals surface area contributed by atoms with Crippen molar-refractivity contribution in [3.8, 4) is 0 Å². The number of amides is 1. The lowest BCUT2D eigenvalue weighted by atomic mass is 10.1. The summed E-state index contributed by atoms with van der Waals surface area (Å²) in [4.78, 5) is 18.8. The number of nitrogens with zero attached hydrogens (tertiary/aromatic N) is 2. The Balaban J connectivity index is 1.57. The molecule has 0 saturated carbocycles. The van der Waals surface area contributed by atoms with Crippen molar-refractivity contribution in [2.45, 2.75) is 6.18 Å². The molecule has 156 valence electrons. The van der Waals surface area contributed by atoms with Crippen LogP contribution in [-0.2, 0) is 15.7 Å². The van der Waals surface area contributed by atoms with Crippen molar-refractivity contribution < 1.29 is 22.7 Å². The molecule has 1 aliphatic rings. The standard InChI is InChI=1S/C21H18F3N3O2S/c22-21(23,24)14-5-6-17(27-9-11-29-12-10-27)16(13-14)25-19(28)7-8-20-26-15-3-1-2-4-18(15)30-20/h1-8,13H,9-12H2,(H,25,28).